The highest BCUT2D eigenvalue weighted by Crippen LogP contribution is 2.30. The van der Waals surface area contributed by atoms with E-state index in [1.165, 1.54) is 12.8 Å². The van der Waals surface area contributed by atoms with Crippen molar-refractivity contribution in [3.63, 3.8) is 0 Å². The number of aliphatic hydroxyl groups is 1. The Balaban J connectivity index is 2.09. The maximum absolute atomic E-state index is 9.92. The third kappa shape index (κ3) is 4.03. The van der Waals surface area contributed by atoms with Crippen LogP contribution in [0.1, 0.15) is 32.3 Å². The Morgan fingerprint density at radius 1 is 1.32 bits per heavy atom. The molecule has 19 heavy (non-hydrogen) atoms. The van der Waals surface area contributed by atoms with Gasteiger partial charge in [0, 0.05) is 12.6 Å². The van der Waals surface area contributed by atoms with Crippen LogP contribution in [0.15, 0.2) is 30.3 Å². The highest BCUT2D eigenvalue weighted by atomic mass is 16.5. The predicted molar refractivity (Wildman–Crippen MR) is 77.0 cm³/mol. The summed E-state index contributed by atoms with van der Waals surface area (Å²) in [4.78, 5) is 0. The second kappa shape index (κ2) is 6.51. The highest BCUT2D eigenvalue weighted by molar-refractivity contribution is 5.25. The van der Waals surface area contributed by atoms with E-state index >= 15 is 0 Å². The molecule has 0 aromatic heterocycles. The van der Waals surface area contributed by atoms with Gasteiger partial charge in [-0.2, -0.15) is 0 Å². The monoisotopic (exact) mass is 263 g/mol. The molecule has 0 amide bonds. The van der Waals surface area contributed by atoms with Crippen molar-refractivity contribution in [1.82, 2.24) is 5.32 Å². The van der Waals surface area contributed by atoms with Crippen LogP contribution in [0.3, 0.4) is 0 Å². The summed E-state index contributed by atoms with van der Waals surface area (Å²) in [5.74, 6) is 0.742. The van der Waals surface area contributed by atoms with Crippen molar-refractivity contribution in [2.24, 2.45) is 5.92 Å². The van der Waals surface area contributed by atoms with Crippen molar-refractivity contribution in [2.75, 3.05) is 19.8 Å². The normalized spacial score (nSPS) is 18.5. The fraction of sp³-hybridized carbons (Fsp3) is 0.625. The van der Waals surface area contributed by atoms with Crippen LogP contribution in [0, 0.1) is 5.92 Å². The number of hydrogen-bond acceptors (Lipinski definition) is 3. The lowest BCUT2D eigenvalue weighted by molar-refractivity contribution is 0.0247. The number of benzene rings is 1. The molecule has 3 heteroatoms. The Morgan fingerprint density at radius 3 is 2.53 bits per heavy atom. The largest absolute Gasteiger partial charge is 0.394 e. The smallest absolute Gasteiger partial charge is 0.0907 e. The Labute approximate surface area is 116 Å². The van der Waals surface area contributed by atoms with Crippen LogP contribution in [-0.4, -0.2) is 31.0 Å². The molecule has 1 saturated carbocycles. The van der Waals surface area contributed by atoms with Crippen LogP contribution in [-0.2, 0) is 10.3 Å². The molecule has 0 bridgehead atoms. The first-order valence-electron chi connectivity index (χ1n) is 7.18. The fourth-order valence-corrected chi connectivity index (χ4v) is 2.39. The van der Waals surface area contributed by atoms with Crippen molar-refractivity contribution in [1.29, 1.82) is 0 Å². The van der Waals surface area contributed by atoms with Crippen molar-refractivity contribution in [2.45, 2.75) is 38.3 Å². The number of nitrogens with one attached hydrogen (secondary N) is 1. The Morgan fingerprint density at radius 2 is 2.00 bits per heavy atom. The molecule has 0 heterocycles. The zero-order chi connectivity index (χ0) is 13.7. The summed E-state index contributed by atoms with van der Waals surface area (Å²) in [5, 5.41) is 13.4. The maximum atomic E-state index is 9.92. The molecule has 0 aliphatic heterocycles. The van der Waals surface area contributed by atoms with E-state index in [0.29, 0.717) is 6.61 Å². The maximum Gasteiger partial charge on any atom is 0.0907 e. The summed E-state index contributed by atoms with van der Waals surface area (Å²) in [6, 6.07) is 10.4. The molecule has 1 atom stereocenters. The Hall–Kier alpha value is -0.900. The molecule has 1 aromatic carbocycles. The summed E-state index contributed by atoms with van der Waals surface area (Å²) >= 11 is 0. The van der Waals surface area contributed by atoms with Crippen LogP contribution in [0.25, 0.3) is 0 Å². The van der Waals surface area contributed by atoms with E-state index in [0.717, 1.165) is 18.1 Å². The number of ether oxygens (including phenoxy) is 1. The molecular formula is C16H25NO2. The lowest BCUT2D eigenvalue weighted by Crippen LogP contribution is -2.52. The van der Waals surface area contributed by atoms with Gasteiger partial charge >= 0.3 is 0 Å². The van der Waals surface area contributed by atoms with Crippen molar-refractivity contribution in [3.05, 3.63) is 35.9 Å². The van der Waals surface area contributed by atoms with E-state index in [1.807, 2.05) is 30.3 Å². The second-order valence-corrected chi connectivity index (χ2v) is 5.86. The molecule has 1 unspecified atom stereocenters. The van der Waals surface area contributed by atoms with Crippen LogP contribution in [0.2, 0.25) is 0 Å². The van der Waals surface area contributed by atoms with E-state index in [2.05, 4.69) is 19.2 Å². The van der Waals surface area contributed by atoms with E-state index in [-0.39, 0.29) is 12.6 Å². The Bertz CT molecular complexity index is 376. The average Bonchev–Trinajstić information content (AvgIpc) is 3.22. The van der Waals surface area contributed by atoms with Gasteiger partial charge in [0.05, 0.1) is 18.8 Å². The molecule has 0 radical (unpaired) electrons. The van der Waals surface area contributed by atoms with E-state index in [4.69, 9.17) is 4.74 Å². The van der Waals surface area contributed by atoms with Gasteiger partial charge in [-0.05, 0) is 38.2 Å². The van der Waals surface area contributed by atoms with Gasteiger partial charge in [0.2, 0.25) is 0 Å². The topological polar surface area (TPSA) is 41.5 Å². The SMILES string of the molecule is CC(C)NC(CO)(COCC1CC1)c1ccccc1. The van der Waals surface area contributed by atoms with Gasteiger partial charge in [-0.25, -0.2) is 0 Å². The first-order chi connectivity index (χ1) is 9.16. The summed E-state index contributed by atoms with van der Waals surface area (Å²) in [6.07, 6.45) is 2.57. The molecule has 3 nitrogen and oxygen atoms in total. The van der Waals surface area contributed by atoms with Gasteiger partial charge < -0.3 is 15.2 Å². The zero-order valence-corrected chi connectivity index (χ0v) is 11.9. The average molecular weight is 263 g/mol. The number of rotatable bonds is 8. The first kappa shape index (κ1) is 14.5. The third-order valence-electron chi connectivity index (χ3n) is 3.56. The quantitative estimate of drug-likeness (QED) is 0.756. The molecule has 0 saturated heterocycles. The van der Waals surface area contributed by atoms with Crippen LogP contribution < -0.4 is 5.32 Å². The minimum absolute atomic E-state index is 0.0415. The van der Waals surface area contributed by atoms with Crippen molar-refractivity contribution in [3.8, 4) is 0 Å². The van der Waals surface area contributed by atoms with Gasteiger partial charge in [-0.15, -0.1) is 0 Å². The van der Waals surface area contributed by atoms with Crippen molar-refractivity contribution >= 4 is 0 Å². The molecular weight excluding hydrogens is 238 g/mol. The molecule has 1 aliphatic rings. The third-order valence-corrected chi connectivity index (χ3v) is 3.56. The highest BCUT2D eigenvalue weighted by Gasteiger charge is 2.33. The van der Waals surface area contributed by atoms with Gasteiger partial charge in [-0.3, -0.25) is 0 Å². The Kier molecular flexibility index (Phi) is 4.97. The summed E-state index contributed by atoms with van der Waals surface area (Å²) in [5.41, 5.74) is 0.589. The molecule has 1 aromatic rings. The van der Waals surface area contributed by atoms with Gasteiger partial charge in [0.1, 0.15) is 0 Å². The zero-order valence-electron chi connectivity index (χ0n) is 11.9. The van der Waals surface area contributed by atoms with Gasteiger partial charge in [0.15, 0.2) is 0 Å². The van der Waals surface area contributed by atoms with Crippen LogP contribution in [0.4, 0.5) is 0 Å². The second-order valence-electron chi connectivity index (χ2n) is 5.86. The molecule has 1 fully saturated rings. The molecule has 106 valence electrons. The lowest BCUT2D eigenvalue weighted by Gasteiger charge is -2.35. The standard InChI is InChI=1S/C16H25NO2/c1-13(2)17-16(11-18,12-19-10-14-8-9-14)15-6-4-3-5-7-15/h3-7,13-14,17-18H,8-12H2,1-2H3. The summed E-state index contributed by atoms with van der Waals surface area (Å²) < 4.78 is 5.85. The number of hydrogen-bond donors (Lipinski definition) is 2. The minimum Gasteiger partial charge on any atom is -0.394 e. The van der Waals surface area contributed by atoms with E-state index in [9.17, 15) is 5.11 Å². The summed E-state index contributed by atoms with van der Waals surface area (Å²) in [7, 11) is 0. The predicted octanol–water partition coefficient (Wildman–Crippen LogP) is 2.30. The van der Waals surface area contributed by atoms with E-state index < -0.39 is 5.54 Å². The molecule has 2 rings (SSSR count). The van der Waals surface area contributed by atoms with E-state index in [1.54, 1.807) is 0 Å². The molecule has 1 aliphatic carbocycles. The lowest BCUT2D eigenvalue weighted by atomic mass is 9.90. The minimum atomic E-state index is -0.496. The van der Waals surface area contributed by atoms with Crippen molar-refractivity contribution < 1.29 is 9.84 Å². The summed E-state index contributed by atoms with van der Waals surface area (Å²) in [6.45, 7) is 5.55. The van der Waals surface area contributed by atoms with Crippen LogP contribution in [0.5, 0.6) is 0 Å². The molecule has 0 spiro atoms. The van der Waals surface area contributed by atoms with Crippen LogP contribution >= 0.6 is 0 Å². The van der Waals surface area contributed by atoms with Gasteiger partial charge in [-0.1, -0.05) is 30.3 Å². The number of aliphatic hydroxyl groups excluding tert-OH is 1. The van der Waals surface area contributed by atoms with Gasteiger partial charge in [0.25, 0.3) is 0 Å². The molecule has 2 N–H and O–H groups in total. The first-order valence-corrected chi connectivity index (χ1v) is 7.18. The fourth-order valence-electron chi connectivity index (χ4n) is 2.39.